The molecule has 0 radical (unpaired) electrons. The van der Waals surface area contributed by atoms with E-state index in [2.05, 4.69) is 0 Å². The van der Waals surface area contributed by atoms with Crippen molar-refractivity contribution >= 4 is 12.4 Å². The number of benzene rings is 1. The quantitative estimate of drug-likeness (QED) is 0.613. The van der Waals surface area contributed by atoms with Gasteiger partial charge in [0, 0.05) is 0 Å². The minimum absolute atomic E-state index is 0.486. The Kier molecular flexibility index (Phi) is 2.08. The third-order valence-corrected chi connectivity index (χ3v) is 2.62. The fraction of sp³-hybridized carbons (Fsp3) is 0.154. The summed E-state index contributed by atoms with van der Waals surface area (Å²) in [7, 11) is 0. The van der Waals surface area contributed by atoms with Crippen molar-refractivity contribution in [2.24, 2.45) is 0 Å². The molecule has 1 aromatic carbocycles. The van der Waals surface area contributed by atoms with Gasteiger partial charge in [0.05, 0.1) is 5.41 Å². The van der Waals surface area contributed by atoms with Crippen LogP contribution in [0.15, 0.2) is 42.5 Å². The Morgan fingerprint density at radius 2 is 2.00 bits per heavy atom. The van der Waals surface area contributed by atoms with Crippen LogP contribution in [0.1, 0.15) is 18.1 Å². The lowest BCUT2D eigenvalue weighted by molar-refractivity contribution is -0.110. The number of rotatable bonds is 1. The first-order valence-corrected chi connectivity index (χ1v) is 4.68. The van der Waals surface area contributed by atoms with Gasteiger partial charge in [-0.1, -0.05) is 48.6 Å². The third kappa shape index (κ3) is 1.31. The van der Waals surface area contributed by atoms with E-state index in [4.69, 9.17) is 0 Å². The highest BCUT2D eigenvalue weighted by molar-refractivity contribution is 5.76. The summed E-state index contributed by atoms with van der Waals surface area (Å²) >= 11 is 0. The SMILES string of the molecule is CC1(C=O)C=CC=Cc2ccccc21. The van der Waals surface area contributed by atoms with Crippen LogP contribution >= 0.6 is 0 Å². The molecule has 0 aromatic heterocycles. The van der Waals surface area contributed by atoms with Gasteiger partial charge >= 0.3 is 0 Å². The van der Waals surface area contributed by atoms with Crippen molar-refractivity contribution in [3.05, 3.63) is 53.6 Å². The van der Waals surface area contributed by atoms with Gasteiger partial charge in [0.1, 0.15) is 6.29 Å². The molecule has 14 heavy (non-hydrogen) atoms. The molecule has 0 spiro atoms. The predicted molar refractivity (Wildman–Crippen MR) is 58.0 cm³/mol. The van der Waals surface area contributed by atoms with E-state index in [9.17, 15) is 4.79 Å². The standard InChI is InChI=1S/C13H12O/c1-13(10-14)9-5-4-7-11-6-2-3-8-12(11)13/h2-10H,1H3. The highest BCUT2D eigenvalue weighted by Gasteiger charge is 2.25. The van der Waals surface area contributed by atoms with Crippen LogP contribution in [-0.2, 0) is 10.2 Å². The molecule has 0 bridgehead atoms. The molecule has 0 N–H and O–H groups in total. The molecule has 1 unspecified atom stereocenters. The average Bonchev–Trinajstić information content (AvgIpc) is 2.40. The van der Waals surface area contributed by atoms with Gasteiger partial charge in [0.15, 0.2) is 0 Å². The highest BCUT2D eigenvalue weighted by Crippen LogP contribution is 2.29. The number of carbonyl (C=O) groups excluding carboxylic acids is 1. The van der Waals surface area contributed by atoms with Crippen molar-refractivity contribution in [1.82, 2.24) is 0 Å². The first kappa shape index (κ1) is 8.95. The largest absolute Gasteiger partial charge is 0.302 e. The van der Waals surface area contributed by atoms with Gasteiger partial charge in [-0.3, -0.25) is 0 Å². The van der Waals surface area contributed by atoms with Gasteiger partial charge in [0.25, 0.3) is 0 Å². The Hall–Kier alpha value is -1.63. The maximum atomic E-state index is 11.1. The number of carbonyl (C=O) groups is 1. The lowest BCUT2D eigenvalue weighted by Crippen LogP contribution is -2.21. The second-order valence-corrected chi connectivity index (χ2v) is 3.71. The van der Waals surface area contributed by atoms with Crippen molar-refractivity contribution in [1.29, 1.82) is 0 Å². The van der Waals surface area contributed by atoms with E-state index in [0.29, 0.717) is 0 Å². The zero-order chi connectivity index (χ0) is 10.0. The minimum Gasteiger partial charge on any atom is -0.302 e. The highest BCUT2D eigenvalue weighted by atomic mass is 16.1. The second kappa shape index (κ2) is 3.26. The van der Waals surface area contributed by atoms with Crippen LogP contribution in [0.25, 0.3) is 6.08 Å². The molecule has 1 atom stereocenters. The maximum Gasteiger partial charge on any atom is 0.134 e. The molecule has 1 aliphatic rings. The first-order valence-electron chi connectivity index (χ1n) is 4.68. The molecule has 2 rings (SSSR count). The van der Waals surface area contributed by atoms with Crippen molar-refractivity contribution in [2.75, 3.05) is 0 Å². The second-order valence-electron chi connectivity index (χ2n) is 3.71. The van der Waals surface area contributed by atoms with Crippen LogP contribution in [0.3, 0.4) is 0 Å². The maximum absolute atomic E-state index is 11.1. The molecule has 1 heteroatoms. The fourth-order valence-electron chi connectivity index (χ4n) is 1.74. The summed E-state index contributed by atoms with van der Waals surface area (Å²) in [6.45, 7) is 1.93. The number of allylic oxidation sites excluding steroid dienone is 3. The van der Waals surface area contributed by atoms with Crippen LogP contribution in [0.4, 0.5) is 0 Å². The van der Waals surface area contributed by atoms with Gasteiger partial charge in [-0.25, -0.2) is 0 Å². The van der Waals surface area contributed by atoms with E-state index in [1.165, 1.54) is 0 Å². The molecule has 1 aliphatic carbocycles. The van der Waals surface area contributed by atoms with E-state index in [1.54, 1.807) is 0 Å². The van der Waals surface area contributed by atoms with E-state index in [-0.39, 0.29) is 0 Å². The average molecular weight is 184 g/mol. The van der Waals surface area contributed by atoms with E-state index < -0.39 is 5.41 Å². The number of hydrogen-bond donors (Lipinski definition) is 0. The smallest absolute Gasteiger partial charge is 0.134 e. The van der Waals surface area contributed by atoms with E-state index >= 15 is 0 Å². The van der Waals surface area contributed by atoms with E-state index in [0.717, 1.165) is 17.4 Å². The summed E-state index contributed by atoms with van der Waals surface area (Å²) in [6.07, 6.45) is 8.85. The lowest BCUT2D eigenvalue weighted by atomic mass is 9.82. The Morgan fingerprint density at radius 1 is 1.21 bits per heavy atom. The topological polar surface area (TPSA) is 17.1 Å². The lowest BCUT2D eigenvalue weighted by Gasteiger charge is -2.20. The van der Waals surface area contributed by atoms with Crippen molar-refractivity contribution < 1.29 is 4.79 Å². The molecule has 0 saturated carbocycles. The normalized spacial score (nSPS) is 24.1. The molecule has 70 valence electrons. The number of fused-ring (bicyclic) bond motifs is 1. The fourth-order valence-corrected chi connectivity index (χ4v) is 1.74. The van der Waals surface area contributed by atoms with Crippen LogP contribution < -0.4 is 0 Å². The molecule has 1 aromatic rings. The predicted octanol–water partition coefficient (Wildman–Crippen LogP) is 2.73. The Balaban J connectivity index is 2.67. The molecule has 0 saturated heterocycles. The van der Waals surface area contributed by atoms with E-state index in [1.807, 2.05) is 55.5 Å². The monoisotopic (exact) mass is 184 g/mol. The molecular formula is C13H12O. The van der Waals surface area contributed by atoms with Crippen LogP contribution in [-0.4, -0.2) is 6.29 Å². The van der Waals surface area contributed by atoms with Gasteiger partial charge in [-0.2, -0.15) is 0 Å². The molecule has 0 aliphatic heterocycles. The summed E-state index contributed by atoms with van der Waals surface area (Å²) in [5, 5.41) is 0. The van der Waals surface area contributed by atoms with Crippen molar-refractivity contribution in [2.45, 2.75) is 12.3 Å². The van der Waals surface area contributed by atoms with Gasteiger partial charge in [-0.05, 0) is 18.1 Å². The summed E-state index contributed by atoms with van der Waals surface area (Å²) in [6, 6.07) is 7.98. The summed E-state index contributed by atoms with van der Waals surface area (Å²) < 4.78 is 0. The van der Waals surface area contributed by atoms with Crippen LogP contribution in [0.2, 0.25) is 0 Å². The zero-order valence-corrected chi connectivity index (χ0v) is 8.10. The van der Waals surface area contributed by atoms with Crippen LogP contribution in [0, 0.1) is 0 Å². The summed E-state index contributed by atoms with van der Waals surface area (Å²) in [5.41, 5.74) is 1.70. The molecule has 0 fully saturated rings. The van der Waals surface area contributed by atoms with Crippen molar-refractivity contribution in [3.8, 4) is 0 Å². The molecular weight excluding hydrogens is 172 g/mol. The van der Waals surface area contributed by atoms with Gasteiger partial charge in [0.2, 0.25) is 0 Å². The van der Waals surface area contributed by atoms with Crippen LogP contribution in [0.5, 0.6) is 0 Å². The molecule has 1 nitrogen and oxygen atoms in total. The third-order valence-electron chi connectivity index (χ3n) is 2.62. The van der Waals surface area contributed by atoms with Gasteiger partial charge in [-0.15, -0.1) is 0 Å². The number of hydrogen-bond acceptors (Lipinski definition) is 1. The summed E-state index contributed by atoms with van der Waals surface area (Å²) in [4.78, 5) is 11.1. The Morgan fingerprint density at radius 3 is 2.79 bits per heavy atom. The Labute approximate surface area is 83.8 Å². The van der Waals surface area contributed by atoms with Crippen molar-refractivity contribution in [3.63, 3.8) is 0 Å². The van der Waals surface area contributed by atoms with Gasteiger partial charge < -0.3 is 4.79 Å². The minimum atomic E-state index is -0.486. The Bertz CT molecular complexity index is 415. The first-order chi connectivity index (χ1) is 6.76. The molecule has 0 amide bonds. The summed E-state index contributed by atoms with van der Waals surface area (Å²) in [5.74, 6) is 0. The molecule has 0 heterocycles. The number of aldehydes is 1. The zero-order valence-electron chi connectivity index (χ0n) is 8.10.